The van der Waals surface area contributed by atoms with E-state index >= 15 is 0 Å². The van der Waals surface area contributed by atoms with Crippen LogP contribution in [0.25, 0.3) is 22.1 Å². The number of ether oxygens (including phenoxy) is 1. The van der Waals surface area contributed by atoms with E-state index in [9.17, 15) is 9.59 Å². The lowest BCUT2D eigenvalue weighted by Gasteiger charge is -2.14. The summed E-state index contributed by atoms with van der Waals surface area (Å²) in [4.78, 5) is 31.1. The van der Waals surface area contributed by atoms with E-state index in [1.165, 1.54) is 16.3 Å². The third kappa shape index (κ3) is 4.52. The molecule has 3 aromatic carbocycles. The number of aromatic nitrogens is 2. The van der Waals surface area contributed by atoms with Crippen LogP contribution in [0.4, 0.5) is 5.69 Å². The molecule has 0 aliphatic carbocycles. The van der Waals surface area contributed by atoms with Crippen LogP contribution in [0.2, 0.25) is 0 Å². The molecule has 35 heavy (non-hydrogen) atoms. The van der Waals surface area contributed by atoms with Crippen molar-refractivity contribution >= 4 is 45.4 Å². The van der Waals surface area contributed by atoms with Gasteiger partial charge in [0.15, 0.2) is 5.16 Å². The van der Waals surface area contributed by atoms with E-state index in [1.54, 1.807) is 7.11 Å². The maximum absolute atomic E-state index is 13.6. The highest BCUT2D eigenvalue weighted by atomic mass is 32.2. The molecule has 5 rings (SSSR count). The van der Waals surface area contributed by atoms with E-state index in [-0.39, 0.29) is 29.3 Å². The smallest absolute Gasteiger partial charge is 0.298 e. The van der Waals surface area contributed by atoms with Gasteiger partial charge >= 0.3 is 0 Å². The van der Waals surface area contributed by atoms with Gasteiger partial charge in [0.25, 0.3) is 5.56 Å². The third-order valence-electron chi connectivity index (χ3n) is 5.72. The van der Waals surface area contributed by atoms with Gasteiger partial charge in [-0.05, 0) is 36.8 Å². The first-order valence-electron chi connectivity index (χ1n) is 11.1. The van der Waals surface area contributed by atoms with Gasteiger partial charge in [-0.15, -0.1) is 0 Å². The second-order valence-corrected chi connectivity index (χ2v) is 8.97. The van der Waals surface area contributed by atoms with Gasteiger partial charge in [-0.1, -0.05) is 60.3 Å². The number of benzene rings is 3. The van der Waals surface area contributed by atoms with Crippen molar-refractivity contribution in [1.82, 2.24) is 9.55 Å². The molecule has 0 spiro atoms. The molecule has 5 aromatic rings. The van der Waals surface area contributed by atoms with Gasteiger partial charge in [0.1, 0.15) is 16.8 Å². The Morgan fingerprint density at radius 3 is 2.63 bits per heavy atom. The van der Waals surface area contributed by atoms with Crippen LogP contribution in [0.3, 0.4) is 0 Å². The average Bonchev–Trinajstić information content (AvgIpc) is 3.25. The topological polar surface area (TPSA) is 86.4 Å². The number of carbonyl (C=O) groups excluding carboxylic acids is 1. The fourth-order valence-corrected chi connectivity index (χ4v) is 4.73. The molecule has 0 radical (unpaired) electrons. The van der Waals surface area contributed by atoms with Gasteiger partial charge in [-0.3, -0.25) is 14.2 Å². The molecule has 0 fully saturated rings. The Kier molecular flexibility index (Phi) is 6.29. The number of fused-ring (bicyclic) bond motifs is 3. The van der Waals surface area contributed by atoms with Crippen LogP contribution in [0.1, 0.15) is 11.1 Å². The molecule has 0 atom stereocenters. The number of methoxy groups -OCH3 is 1. The van der Waals surface area contributed by atoms with Crippen LogP contribution < -0.4 is 15.6 Å². The van der Waals surface area contributed by atoms with Gasteiger partial charge in [0, 0.05) is 16.6 Å². The molecule has 0 aliphatic rings. The van der Waals surface area contributed by atoms with Crippen molar-refractivity contribution in [1.29, 1.82) is 0 Å². The Labute approximate surface area is 205 Å². The Hall–Kier alpha value is -4.04. The van der Waals surface area contributed by atoms with E-state index in [0.717, 1.165) is 22.2 Å². The summed E-state index contributed by atoms with van der Waals surface area (Å²) in [5.41, 5.74) is 3.52. The molecular weight excluding hydrogens is 462 g/mol. The standard InChI is InChI=1S/C27H23N3O4S/c1-17-9-3-6-12-20(17)28-23(31)16-35-27-29-24-19-11-5-8-14-22(19)34-25(24)26(32)30(27)15-18-10-4-7-13-21(18)33-2/h3-14H,15-16H2,1-2H3,(H,28,31). The summed E-state index contributed by atoms with van der Waals surface area (Å²) in [7, 11) is 1.59. The van der Waals surface area contributed by atoms with Crippen LogP contribution in [0.15, 0.2) is 87.2 Å². The zero-order valence-corrected chi connectivity index (χ0v) is 20.1. The van der Waals surface area contributed by atoms with Crippen molar-refractivity contribution in [3.05, 3.63) is 94.3 Å². The molecule has 2 aromatic heterocycles. The molecule has 176 valence electrons. The number of carbonyl (C=O) groups is 1. The molecule has 1 amide bonds. The molecule has 8 heteroatoms. The number of nitrogens with one attached hydrogen (secondary N) is 1. The highest BCUT2D eigenvalue weighted by molar-refractivity contribution is 7.99. The molecule has 2 heterocycles. The lowest BCUT2D eigenvalue weighted by atomic mass is 10.2. The molecule has 0 saturated carbocycles. The van der Waals surface area contributed by atoms with E-state index in [4.69, 9.17) is 14.1 Å². The number of anilines is 1. The van der Waals surface area contributed by atoms with E-state index in [0.29, 0.717) is 22.0 Å². The maximum Gasteiger partial charge on any atom is 0.298 e. The Bertz CT molecular complexity index is 1610. The van der Waals surface area contributed by atoms with Gasteiger partial charge in [-0.2, -0.15) is 0 Å². The van der Waals surface area contributed by atoms with Gasteiger partial charge < -0.3 is 14.5 Å². The minimum atomic E-state index is -0.307. The van der Waals surface area contributed by atoms with Crippen molar-refractivity contribution in [2.45, 2.75) is 18.6 Å². The van der Waals surface area contributed by atoms with E-state index < -0.39 is 0 Å². The quantitative estimate of drug-likeness (QED) is 0.251. The van der Waals surface area contributed by atoms with Crippen LogP contribution in [-0.4, -0.2) is 28.3 Å². The van der Waals surface area contributed by atoms with Gasteiger partial charge in [-0.25, -0.2) is 4.98 Å². The molecule has 0 aliphatic heterocycles. The zero-order chi connectivity index (χ0) is 24.4. The summed E-state index contributed by atoms with van der Waals surface area (Å²) in [5, 5.41) is 4.12. The number of hydrogen-bond acceptors (Lipinski definition) is 6. The number of thioether (sulfide) groups is 1. The summed E-state index contributed by atoms with van der Waals surface area (Å²) in [6, 6.07) is 22.5. The van der Waals surface area contributed by atoms with Crippen LogP contribution in [0.5, 0.6) is 5.75 Å². The van der Waals surface area contributed by atoms with Crippen molar-refractivity contribution in [3.8, 4) is 5.75 Å². The number of rotatable bonds is 7. The second-order valence-electron chi connectivity index (χ2n) is 8.03. The number of nitrogens with zero attached hydrogens (tertiary/aromatic N) is 2. The monoisotopic (exact) mass is 485 g/mol. The third-order valence-corrected chi connectivity index (χ3v) is 6.70. The van der Waals surface area contributed by atoms with Crippen LogP contribution in [0, 0.1) is 6.92 Å². The minimum Gasteiger partial charge on any atom is -0.496 e. The van der Waals surface area contributed by atoms with E-state index in [1.807, 2.05) is 79.7 Å². The molecule has 7 nitrogen and oxygen atoms in total. The molecule has 0 bridgehead atoms. The van der Waals surface area contributed by atoms with Crippen LogP contribution >= 0.6 is 11.8 Å². The van der Waals surface area contributed by atoms with Gasteiger partial charge in [0.05, 0.1) is 19.4 Å². The Morgan fingerprint density at radius 1 is 1.06 bits per heavy atom. The lowest BCUT2D eigenvalue weighted by Crippen LogP contribution is -2.24. The Balaban J connectivity index is 1.54. The summed E-state index contributed by atoms with van der Waals surface area (Å²) in [6.45, 7) is 2.16. The predicted octanol–water partition coefficient (Wildman–Crippen LogP) is 5.24. The van der Waals surface area contributed by atoms with Crippen molar-refractivity contribution in [2.75, 3.05) is 18.2 Å². The maximum atomic E-state index is 13.6. The fraction of sp³-hybridized carbons (Fsp3) is 0.148. The second kappa shape index (κ2) is 9.68. The largest absolute Gasteiger partial charge is 0.496 e. The Morgan fingerprint density at radius 2 is 1.80 bits per heavy atom. The number of aryl methyl sites for hydroxylation is 1. The minimum absolute atomic E-state index is 0.0913. The molecule has 0 unspecified atom stereocenters. The summed E-state index contributed by atoms with van der Waals surface area (Å²) >= 11 is 1.21. The molecule has 1 N–H and O–H groups in total. The van der Waals surface area contributed by atoms with Crippen molar-refractivity contribution in [2.24, 2.45) is 0 Å². The molecular formula is C27H23N3O4S. The first-order valence-corrected chi connectivity index (χ1v) is 12.1. The normalized spacial score (nSPS) is 11.1. The molecule has 0 saturated heterocycles. The zero-order valence-electron chi connectivity index (χ0n) is 19.3. The first-order chi connectivity index (χ1) is 17.0. The van der Waals surface area contributed by atoms with Crippen LogP contribution in [-0.2, 0) is 11.3 Å². The lowest BCUT2D eigenvalue weighted by molar-refractivity contribution is -0.113. The summed E-state index contributed by atoms with van der Waals surface area (Å²) in [6.07, 6.45) is 0. The SMILES string of the molecule is COc1ccccc1Cn1c(SCC(=O)Nc2ccccc2C)nc2c(oc3ccccc32)c1=O. The summed E-state index contributed by atoms with van der Waals surface area (Å²) < 4.78 is 12.9. The highest BCUT2D eigenvalue weighted by Gasteiger charge is 2.20. The number of amides is 1. The number of para-hydroxylation sites is 3. The highest BCUT2D eigenvalue weighted by Crippen LogP contribution is 2.28. The average molecular weight is 486 g/mol. The fourth-order valence-electron chi connectivity index (χ4n) is 3.94. The number of hydrogen-bond donors (Lipinski definition) is 1. The number of furan rings is 1. The first kappa shape index (κ1) is 22.7. The van der Waals surface area contributed by atoms with E-state index in [2.05, 4.69) is 5.32 Å². The summed E-state index contributed by atoms with van der Waals surface area (Å²) in [5.74, 6) is 0.574. The van der Waals surface area contributed by atoms with Crippen molar-refractivity contribution in [3.63, 3.8) is 0 Å². The van der Waals surface area contributed by atoms with Gasteiger partial charge in [0.2, 0.25) is 11.5 Å². The van der Waals surface area contributed by atoms with Crippen molar-refractivity contribution < 1.29 is 13.9 Å². The predicted molar refractivity (Wildman–Crippen MR) is 138 cm³/mol.